The molecule has 1 heterocycles. The molecular formula is C18H25N3O6. The summed E-state index contributed by atoms with van der Waals surface area (Å²) in [5, 5.41) is 8.75. The number of benzene rings is 1. The quantitative estimate of drug-likeness (QED) is 0.648. The monoisotopic (exact) mass is 379 g/mol. The molecule has 0 aliphatic carbocycles. The van der Waals surface area contributed by atoms with Crippen LogP contribution in [0.3, 0.4) is 0 Å². The van der Waals surface area contributed by atoms with E-state index in [0.717, 1.165) is 0 Å². The molecule has 9 heteroatoms. The zero-order chi connectivity index (χ0) is 19.8. The van der Waals surface area contributed by atoms with Gasteiger partial charge in [-0.1, -0.05) is 6.07 Å². The number of carbonyl (C=O) groups is 3. The molecule has 0 spiro atoms. The van der Waals surface area contributed by atoms with Gasteiger partial charge in [0.25, 0.3) is 5.91 Å². The molecule has 148 valence electrons. The largest absolute Gasteiger partial charge is 0.497 e. The fraction of sp³-hybridized carbons (Fsp3) is 0.500. The number of piperazine rings is 1. The Labute approximate surface area is 157 Å². The van der Waals surface area contributed by atoms with E-state index in [9.17, 15) is 14.4 Å². The van der Waals surface area contributed by atoms with Crippen molar-refractivity contribution in [2.24, 2.45) is 5.73 Å². The van der Waals surface area contributed by atoms with Crippen LogP contribution >= 0.6 is 0 Å². The molecule has 1 aliphatic heterocycles. The zero-order valence-electron chi connectivity index (χ0n) is 15.3. The van der Waals surface area contributed by atoms with Crippen LogP contribution in [0.2, 0.25) is 0 Å². The van der Waals surface area contributed by atoms with Crippen LogP contribution in [-0.2, 0) is 14.4 Å². The lowest BCUT2D eigenvalue weighted by Gasteiger charge is -2.34. The minimum absolute atomic E-state index is 0.0837. The Morgan fingerprint density at radius 2 is 1.70 bits per heavy atom. The van der Waals surface area contributed by atoms with Gasteiger partial charge in [0.1, 0.15) is 17.5 Å². The number of nitrogens with two attached hydrogens (primary N) is 1. The Hall–Kier alpha value is -2.81. The number of ether oxygens (including phenoxy) is 2. The average molecular weight is 379 g/mol. The highest BCUT2D eigenvalue weighted by Crippen LogP contribution is 2.19. The highest BCUT2D eigenvalue weighted by atomic mass is 16.5. The second kappa shape index (κ2) is 9.77. The number of aliphatic carboxylic acids is 1. The summed E-state index contributed by atoms with van der Waals surface area (Å²) in [6.07, 6.45) is 0.183. The Morgan fingerprint density at radius 3 is 2.30 bits per heavy atom. The van der Waals surface area contributed by atoms with Crippen LogP contribution in [0.15, 0.2) is 24.3 Å². The maximum absolute atomic E-state index is 12.3. The summed E-state index contributed by atoms with van der Waals surface area (Å²) < 4.78 is 10.6. The Kier molecular flexibility index (Phi) is 7.42. The molecule has 0 bridgehead atoms. The molecule has 2 rings (SSSR count). The van der Waals surface area contributed by atoms with Crippen LogP contribution in [0.1, 0.15) is 12.8 Å². The van der Waals surface area contributed by atoms with E-state index in [-0.39, 0.29) is 31.3 Å². The van der Waals surface area contributed by atoms with Crippen molar-refractivity contribution in [2.75, 3.05) is 39.9 Å². The summed E-state index contributed by atoms with van der Waals surface area (Å²) in [6, 6.07) is 5.97. The Bertz CT molecular complexity index is 673. The van der Waals surface area contributed by atoms with Crippen molar-refractivity contribution in [3.63, 3.8) is 0 Å². The van der Waals surface area contributed by atoms with Crippen molar-refractivity contribution in [3.8, 4) is 11.5 Å². The van der Waals surface area contributed by atoms with E-state index >= 15 is 0 Å². The van der Waals surface area contributed by atoms with Crippen LogP contribution in [0.5, 0.6) is 11.5 Å². The fourth-order valence-electron chi connectivity index (χ4n) is 2.69. The molecule has 1 aromatic rings. The highest BCUT2D eigenvalue weighted by Gasteiger charge is 2.25. The van der Waals surface area contributed by atoms with Gasteiger partial charge in [0, 0.05) is 38.7 Å². The van der Waals surface area contributed by atoms with Crippen LogP contribution in [0.4, 0.5) is 0 Å². The molecule has 1 fully saturated rings. The van der Waals surface area contributed by atoms with Gasteiger partial charge >= 0.3 is 5.97 Å². The lowest BCUT2D eigenvalue weighted by molar-refractivity contribution is -0.141. The zero-order valence-corrected chi connectivity index (χ0v) is 15.3. The number of hydrogen-bond donors (Lipinski definition) is 2. The van der Waals surface area contributed by atoms with E-state index in [1.165, 1.54) is 0 Å². The number of carboxylic acid groups (broad SMARTS) is 1. The van der Waals surface area contributed by atoms with Crippen molar-refractivity contribution in [2.45, 2.75) is 18.9 Å². The van der Waals surface area contributed by atoms with E-state index in [0.29, 0.717) is 37.7 Å². The molecule has 1 saturated heterocycles. The van der Waals surface area contributed by atoms with Gasteiger partial charge in [-0.3, -0.25) is 14.4 Å². The first-order valence-electron chi connectivity index (χ1n) is 8.71. The maximum Gasteiger partial charge on any atom is 0.320 e. The number of carbonyl (C=O) groups excluding carboxylic acids is 2. The standard InChI is InChI=1S/C18H25N3O6/c1-26-13-3-2-4-14(11-13)27-12-17(23)21-9-7-20(8-10-21)16(22)6-5-15(19)18(24)25/h2-4,11,15H,5-10,12,19H2,1H3,(H,24,25)/t15-/m0/s1. The normalized spacial score (nSPS) is 15.2. The van der Waals surface area contributed by atoms with Crippen LogP contribution in [0, 0.1) is 0 Å². The number of methoxy groups -OCH3 is 1. The Morgan fingerprint density at radius 1 is 1.11 bits per heavy atom. The van der Waals surface area contributed by atoms with E-state index in [1.807, 2.05) is 0 Å². The van der Waals surface area contributed by atoms with Gasteiger partial charge in [0.2, 0.25) is 5.91 Å². The third kappa shape index (κ3) is 6.14. The molecule has 9 nitrogen and oxygen atoms in total. The summed E-state index contributed by atoms with van der Waals surface area (Å²) >= 11 is 0. The molecule has 0 aromatic heterocycles. The first kappa shape index (κ1) is 20.5. The van der Waals surface area contributed by atoms with E-state index in [1.54, 1.807) is 41.2 Å². The van der Waals surface area contributed by atoms with Gasteiger partial charge in [-0.2, -0.15) is 0 Å². The molecule has 0 radical (unpaired) electrons. The topological polar surface area (TPSA) is 122 Å². The molecular weight excluding hydrogens is 354 g/mol. The molecule has 1 aromatic carbocycles. The van der Waals surface area contributed by atoms with Crippen molar-refractivity contribution in [1.82, 2.24) is 9.80 Å². The number of nitrogens with zero attached hydrogens (tertiary/aromatic N) is 2. The predicted molar refractivity (Wildman–Crippen MR) is 96.5 cm³/mol. The summed E-state index contributed by atoms with van der Waals surface area (Å²) in [7, 11) is 1.56. The van der Waals surface area contributed by atoms with E-state index < -0.39 is 12.0 Å². The Balaban J connectivity index is 1.73. The second-order valence-corrected chi connectivity index (χ2v) is 6.21. The third-order valence-corrected chi connectivity index (χ3v) is 4.38. The van der Waals surface area contributed by atoms with Gasteiger partial charge in [-0.05, 0) is 18.6 Å². The van der Waals surface area contributed by atoms with Crippen molar-refractivity contribution < 1.29 is 29.0 Å². The number of amides is 2. The smallest absolute Gasteiger partial charge is 0.320 e. The molecule has 0 unspecified atom stereocenters. The number of carboxylic acids is 1. The fourth-order valence-corrected chi connectivity index (χ4v) is 2.69. The lowest BCUT2D eigenvalue weighted by atomic mass is 10.1. The molecule has 0 saturated carbocycles. The summed E-state index contributed by atoms with van der Waals surface area (Å²) in [4.78, 5) is 38.4. The molecule has 3 N–H and O–H groups in total. The summed E-state index contributed by atoms with van der Waals surface area (Å²) in [5.41, 5.74) is 5.41. The van der Waals surface area contributed by atoms with Gasteiger partial charge in [-0.15, -0.1) is 0 Å². The SMILES string of the molecule is COc1cccc(OCC(=O)N2CCN(C(=O)CC[C@H](N)C(=O)O)CC2)c1. The van der Waals surface area contributed by atoms with Crippen LogP contribution in [-0.4, -0.2) is 78.6 Å². The maximum atomic E-state index is 12.3. The van der Waals surface area contributed by atoms with Gasteiger partial charge in [0.15, 0.2) is 6.61 Å². The van der Waals surface area contributed by atoms with Crippen LogP contribution in [0.25, 0.3) is 0 Å². The minimum Gasteiger partial charge on any atom is -0.497 e. The molecule has 1 aliphatic rings. The first-order chi connectivity index (χ1) is 12.9. The molecule has 27 heavy (non-hydrogen) atoms. The summed E-state index contributed by atoms with van der Waals surface area (Å²) in [6.45, 7) is 1.56. The highest BCUT2D eigenvalue weighted by molar-refractivity contribution is 5.80. The second-order valence-electron chi connectivity index (χ2n) is 6.21. The first-order valence-corrected chi connectivity index (χ1v) is 8.71. The van der Waals surface area contributed by atoms with E-state index in [4.69, 9.17) is 20.3 Å². The van der Waals surface area contributed by atoms with Crippen molar-refractivity contribution in [3.05, 3.63) is 24.3 Å². The summed E-state index contributed by atoms with van der Waals surface area (Å²) in [5.74, 6) is -0.223. The molecule has 2 amide bonds. The minimum atomic E-state index is -1.12. The van der Waals surface area contributed by atoms with Gasteiger partial charge in [-0.25, -0.2) is 0 Å². The number of rotatable bonds is 8. The molecule has 1 atom stereocenters. The predicted octanol–water partition coefficient (Wildman–Crippen LogP) is -0.0631. The average Bonchev–Trinajstić information content (AvgIpc) is 2.70. The van der Waals surface area contributed by atoms with Gasteiger partial charge in [0.05, 0.1) is 7.11 Å². The van der Waals surface area contributed by atoms with Gasteiger partial charge < -0.3 is 30.1 Å². The van der Waals surface area contributed by atoms with Crippen LogP contribution < -0.4 is 15.2 Å². The van der Waals surface area contributed by atoms with E-state index in [2.05, 4.69) is 0 Å². The third-order valence-electron chi connectivity index (χ3n) is 4.38. The lowest BCUT2D eigenvalue weighted by Crippen LogP contribution is -2.51. The van der Waals surface area contributed by atoms with Crippen molar-refractivity contribution in [1.29, 1.82) is 0 Å². The number of hydrogen-bond acceptors (Lipinski definition) is 6. The van der Waals surface area contributed by atoms with Crippen molar-refractivity contribution >= 4 is 17.8 Å².